The van der Waals surface area contributed by atoms with E-state index in [9.17, 15) is 4.79 Å². The van der Waals surface area contributed by atoms with Gasteiger partial charge >= 0.3 is 0 Å². The number of rotatable bonds is 6. The number of hydrogen-bond donors (Lipinski definition) is 1. The second kappa shape index (κ2) is 8.54. The zero-order chi connectivity index (χ0) is 17.7. The van der Waals surface area contributed by atoms with Gasteiger partial charge in [0.1, 0.15) is 12.4 Å². The first-order chi connectivity index (χ1) is 11.5. The molecule has 0 bridgehead atoms. The highest BCUT2D eigenvalue weighted by molar-refractivity contribution is 9.10. The third kappa shape index (κ3) is 4.52. The van der Waals surface area contributed by atoms with Gasteiger partial charge in [-0.25, -0.2) is 0 Å². The molecule has 0 aliphatic rings. The van der Waals surface area contributed by atoms with Crippen LogP contribution in [0, 0.1) is 6.92 Å². The molecule has 0 atom stereocenters. The molecule has 0 aliphatic heterocycles. The fraction of sp³-hybridized carbons (Fsp3) is 0.316. The van der Waals surface area contributed by atoms with Gasteiger partial charge in [-0.15, -0.1) is 0 Å². The van der Waals surface area contributed by atoms with Gasteiger partial charge in [0.15, 0.2) is 0 Å². The Bertz CT molecular complexity index is 746. The van der Waals surface area contributed by atoms with Crippen LogP contribution in [0.25, 0.3) is 0 Å². The lowest BCUT2D eigenvalue weighted by Gasteiger charge is -2.15. The number of hydrogen-bond acceptors (Lipinski definition) is 2. The second-order valence-corrected chi connectivity index (χ2v) is 6.78. The van der Waals surface area contributed by atoms with Crippen LogP contribution in [0.2, 0.25) is 5.02 Å². The van der Waals surface area contributed by atoms with Crippen LogP contribution >= 0.6 is 27.5 Å². The van der Waals surface area contributed by atoms with Gasteiger partial charge in [0.05, 0.1) is 5.02 Å². The van der Waals surface area contributed by atoms with Crippen molar-refractivity contribution in [1.29, 1.82) is 0 Å². The molecule has 2 aromatic rings. The highest BCUT2D eigenvalue weighted by atomic mass is 79.9. The average Bonchev–Trinajstić information content (AvgIpc) is 2.56. The van der Waals surface area contributed by atoms with Crippen LogP contribution < -0.4 is 10.1 Å². The minimum Gasteiger partial charge on any atom is -0.487 e. The maximum Gasteiger partial charge on any atom is 0.224 e. The van der Waals surface area contributed by atoms with E-state index in [4.69, 9.17) is 16.3 Å². The molecule has 2 rings (SSSR count). The van der Waals surface area contributed by atoms with Crippen LogP contribution in [0.5, 0.6) is 5.75 Å². The molecule has 0 heterocycles. The Morgan fingerprint density at radius 3 is 2.71 bits per heavy atom. The molecule has 5 heteroatoms. The largest absolute Gasteiger partial charge is 0.487 e. The van der Waals surface area contributed by atoms with Crippen LogP contribution in [0.15, 0.2) is 34.8 Å². The first-order valence-electron chi connectivity index (χ1n) is 7.95. The Morgan fingerprint density at radius 2 is 2.04 bits per heavy atom. The third-order valence-corrected chi connectivity index (χ3v) is 4.90. The first-order valence-corrected chi connectivity index (χ1v) is 9.12. The van der Waals surface area contributed by atoms with Crippen molar-refractivity contribution in [3.63, 3.8) is 0 Å². The summed E-state index contributed by atoms with van der Waals surface area (Å²) >= 11 is 9.85. The number of benzene rings is 2. The summed E-state index contributed by atoms with van der Waals surface area (Å²) in [6.07, 6.45) is 1.36. The molecule has 0 saturated carbocycles. The lowest BCUT2D eigenvalue weighted by atomic mass is 10.1. The molecule has 0 radical (unpaired) electrons. The average molecular weight is 411 g/mol. The molecule has 0 fully saturated rings. The van der Waals surface area contributed by atoms with Gasteiger partial charge in [-0.3, -0.25) is 4.79 Å². The summed E-state index contributed by atoms with van der Waals surface area (Å²) < 4.78 is 6.81. The van der Waals surface area contributed by atoms with Crippen molar-refractivity contribution in [2.75, 3.05) is 5.32 Å². The van der Waals surface area contributed by atoms with E-state index in [2.05, 4.69) is 28.2 Å². The van der Waals surface area contributed by atoms with E-state index >= 15 is 0 Å². The Balaban J connectivity index is 2.23. The lowest BCUT2D eigenvalue weighted by Crippen LogP contribution is -2.12. The maximum absolute atomic E-state index is 11.7. The van der Waals surface area contributed by atoms with Gasteiger partial charge in [0.25, 0.3) is 0 Å². The normalized spacial score (nSPS) is 10.5. The van der Waals surface area contributed by atoms with Crippen molar-refractivity contribution in [2.24, 2.45) is 0 Å². The SMILES string of the molecule is CCC(=O)Nc1cccc(Br)c1COc1cc(C)c(CC)cc1Cl. The van der Waals surface area contributed by atoms with E-state index in [1.54, 1.807) is 0 Å². The lowest BCUT2D eigenvalue weighted by molar-refractivity contribution is -0.115. The number of halogens is 2. The van der Waals surface area contributed by atoms with E-state index in [-0.39, 0.29) is 5.91 Å². The predicted molar refractivity (Wildman–Crippen MR) is 103 cm³/mol. The van der Waals surface area contributed by atoms with Crippen molar-refractivity contribution >= 4 is 39.1 Å². The van der Waals surface area contributed by atoms with Crippen LogP contribution in [-0.2, 0) is 17.8 Å². The molecule has 2 aromatic carbocycles. The Kier molecular flexibility index (Phi) is 6.69. The van der Waals surface area contributed by atoms with Crippen LogP contribution in [-0.4, -0.2) is 5.91 Å². The summed E-state index contributed by atoms with van der Waals surface area (Å²) in [4.78, 5) is 11.7. The quantitative estimate of drug-likeness (QED) is 0.643. The number of carbonyl (C=O) groups excluding carboxylic acids is 1. The van der Waals surface area contributed by atoms with Crippen molar-refractivity contribution in [3.05, 3.63) is 56.5 Å². The second-order valence-electron chi connectivity index (χ2n) is 5.52. The molecule has 0 spiro atoms. The molecule has 0 saturated heterocycles. The monoisotopic (exact) mass is 409 g/mol. The van der Waals surface area contributed by atoms with Crippen molar-refractivity contribution < 1.29 is 9.53 Å². The molecule has 0 unspecified atom stereocenters. The number of aryl methyl sites for hydroxylation is 2. The van der Waals surface area contributed by atoms with E-state index in [0.29, 0.717) is 23.8 Å². The highest BCUT2D eigenvalue weighted by Gasteiger charge is 2.12. The molecule has 128 valence electrons. The molecule has 0 aromatic heterocycles. The number of ether oxygens (including phenoxy) is 1. The van der Waals surface area contributed by atoms with E-state index in [0.717, 1.165) is 27.7 Å². The molecule has 0 aliphatic carbocycles. The van der Waals surface area contributed by atoms with Crippen molar-refractivity contribution in [1.82, 2.24) is 0 Å². The van der Waals surface area contributed by atoms with Gasteiger partial charge in [-0.05, 0) is 48.7 Å². The maximum atomic E-state index is 11.7. The number of carbonyl (C=O) groups is 1. The standard InChI is InChI=1S/C19H21BrClNO2/c1-4-13-10-16(21)18(9-12(13)3)24-11-14-15(20)7-6-8-17(14)22-19(23)5-2/h6-10H,4-5,11H2,1-3H3,(H,22,23). The zero-order valence-electron chi connectivity index (χ0n) is 14.1. The third-order valence-electron chi connectivity index (χ3n) is 3.86. The summed E-state index contributed by atoms with van der Waals surface area (Å²) in [5.74, 6) is 0.616. The topological polar surface area (TPSA) is 38.3 Å². The minimum absolute atomic E-state index is 0.0319. The Morgan fingerprint density at radius 1 is 1.29 bits per heavy atom. The fourth-order valence-electron chi connectivity index (χ4n) is 2.40. The first kappa shape index (κ1) is 18.8. The van der Waals surface area contributed by atoms with Gasteiger partial charge < -0.3 is 10.1 Å². The minimum atomic E-state index is -0.0319. The molecule has 3 nitrogen and oxygen atoms in total. The van der Waals surface area contributed by atoms with E-state index in [1.807, 2.05) is 44.2 Å². The van der Waals surface area contributed by atoms with E-state index < -0.39 is 0 Å². The van der Waals surface area contributed by atoms with Crippen LogP contribution in [0.4, 0.5) is 5.69 Å². The van der Waals surface area contributed by atoms with Gasteiger partial charge in [-0.2, -0.15) is 0 Å². The van der Waals surface area contributed by atoms with Crippen LogP contribution in [0.1, 0.15) is 37.0 Å². The molecule has 1 N–H and O–H groups in total. The van der Waals surface area contributed by atoms with Gasteiger partial charge in [0, 0.05) is 22.1 Å². The highest BCUT2D eigenvalue weighted by Crippen LogP contribution is 2.31. The summed E-state index contributed by atoms with van der Waals surface area (Å²) in [6, 6.07) is 9.58. The van der Waals surface area contributed by atoms with Crippen molar-refractivity contribution in [2.45, 2.75) is 40.2 Å². The smallest absolute Gasteiger partial charge is 0.224 e. The molecule has 1 amide bonds. The van der Waals surface area contributed by atoms with E-state index in [1.165, 1.54) is 5.56 Å². The Hall–Kier alpha value is -1.52. The summed E-state index contributed by atoms with van der Waals surface area (Å²) in [5, 5.41) is 3.50. The summed E-state index contributed by atoms with van der Waals surface area (Å²) in [5.41, 5.74) is 3.99. The van der Waals surface area contributed by atoms with Crippen molar-refractivity contribution in [3.8, 4) is 5.75 Å². The molecular formula is C19H21BrClNO2. The fourth-order valence-corrected chi connectivity index (χ4v) is 3.12. The Labute approximate surface area is 156 Å². The van der Waals surface area contributed by atoms with Gasteiger partial charge in [0.2, 0.25) is 5.91 Å². The number of anilines is 1. The van der Waals surface area contributed by atoms with Crippen LogP contribution in [0.3, 0.4) is 0 Å². The summed E-state index contributed by atoms with van der Waals surface area (Å²) in [6.45, 7) is 6.28. The molecular weight excluding hydrogens is 390 g/mol. The molecule has 24 heavy (non-hydrogen) atoms. The van der Waals surface area contributed by atoms with Gasteiger partial charge in [-0.1, -0.05) is 47.4 Å². The predicted octanol–water partition coefficient (Wildman–Crippen LogP) is 5.90. The zero-order valence-corrected chi connectivity index (χ0v) is 16.4. The number of amides is 1. The number of nitrogens with one attached hydrogen (secondary N) is 1. The summed E-state index contributed by atoms with van der Waals surface area (Å²) in [7, 11) is 0.